The van der Waals surface area contributed by atoms with Crippen LogP contribution in [0, 0.1) is 11.8 Å². The smallest absolute Gasteiger partial charge is 0.273 e. The summed E-state index contributed by atoms with van der Waals surface area (Å²) in [5.74, 6) is -0.264. The van der Waals surface area contributed by atoms with Crippen molar-refractivity contribution >= 4 is 22.7 Å². The van der Waals surface area contributed by atoms with Crippen LogP contribution in [-0.2, 0) is 11.3 Å². The van der Waals surface area contributed by atoms with Crippen LogP contribution in [0.4, 0.5) is 0 Å². The first-order chi connectivity index (χ1) is 13.0. The molecular formula is C21H30N4O2. The van der Waals surface area contributed by atoms with E-state index in [9.17, 15) is 9.59 Å². The van der Waals surface area contributed by atoms with E-state index in [1.165, 1.54) is 32.1 Å². The molecule has 0 radical (unpaired) electrons. The van der Waals surface area contributed by atoms with Crippen molar-refractivity contribution in [2.75, 3.05) is 0 Å². The number of para-hydroxylation sites is 1. The summed E-state index contributed by atoms with van der Waals surface area (Å²) in [5, 5.41) is 8.25. The van der Waals surface area contributed by atoms with Crippen LogP contribution in [0.15, 0.2) is 24.3 Å². The number of carbonyl (C=O) groups excluding carboxylic acids is 2. The first-order valence-corrected chi connectivity index (χ1v) is 10.1. The Labute approximate surface area is 160 Å². The number of nitrogens with two attached hydrogens (primary N) is 1. The number of hydrogen-bond donors (Lipinski definition) is 2. The van der Waals surface area contributed by atoms with Crippen LogP contribution in [0.3, 0.4) is 0 Å². The second-order valence-corrected chi connectivity index (χ2v) is 7.79. The molecular weight excluding hydrogens is 340 g/mol. The van der Waals surface area contributed by atoms with Gasteiger partial charge in [0.15, 0.2) is 5.69 Å². The summed E-state index contributed by atoms with van der Waals surface area (Å²) in [4.78, 5) is 24.7. The van der Waals surface area contributed by atoms with Crippen molar-refractivity contribution in [1.29, 1.82) is 0 Å². The number of primary amides is 1. The van der Waals surface area contributed by atoms with Crippen LogP contribution < -0.4 is 11.1 Å². The fourth-order valence-electron chi connectivity index (χ4n) is 3.99. The van der Waals surface area contributed by atoms with Crippen LogP contribution in [0.1, 0.15) is 62.9 Å². The Kier molecular flexibility index (Phi) is 6.14. The Morgan fingerprint density at radius 2 is 1.96 bits per heavy atom. The topological polar surface area (TPSA) is 90.0 Å². The molecule has 0 bridgehead atoms. The van der Waals surface area contributed by atoms with Gasteiger partial charge in [-0.2, -0.15) is 5.10 Å². The molecule has 1 fully saturated rings. The highest BCUT2D eigenvalue weighted by Crippen LogP contribution is 2.27. The second-order valence-electron chi connectivity index (χ2n) is 7.79. The SMILES string of the molecule is CC[C@H](C)[C@H](NC(=O)c1nn(CC2CCCCC2)c2ccccc12)C(N)=O. The molecule has 3 N–H and O–H groups in total. The van der Waals surface area contributed by atoms with Crippen molar-refractivity contribution in [2.45, 2.75) is 65.0 Å². The van der Waals surface area contributed by atoms with Crippen LogP contribution in [0.25, 0.3) is 10.9 Å². The minimum absolute atomic E-state index is 0.0259. The number of benzene rings is 1. The van der Waals surface area contributed by atoms with Crippen molar-refractivity contribution in [2.24, 2.45) is 17.6 Å². The van der Waals surface area contributed by atoms with Crippen LogP contribution >= 0.6 is 0 Å². The van der Waals surface area contributed by atoms with Gasteiger partial charge in [0, 0.05) is 11.9 Å². The van der Waals surface area contributed by atoms with Gasteiger partial charge in [-0.05, 0) is 30.7 Å². The average molecular weight is 370 g/mol. The van der Waals surface area contributed by atoms with Crippen molar-refractivity contribution in [3.8, 4) is 0 Å². The van der Waals surface area contributed by atoms with E-state index in [2.05, 4.69) is 10.4 Å². The van der Waals surface area contributed by atoms with E-state index in [1.807, 2.05) is 42.8 Å². The van der Waals surface area contributed by atoms with E-state index in [0.29, 0.717) is 11.6 Å². The molecule has 1 aromatic heterocycles. The highest BCUT2D eigenvalue weighted by Gasteiger charge is 2.27. The lowest BCUT2D eigenvalue weighted by Gasteiger charge is -2.21. The minimum atomic E-state index is -0.690. The fraction of sp³-hybridized carbons (Fsp3) is 0.571. The average Bonchev–Trinajstić information content (AvgIpc) is 3.04. The predicted octanol–water partition coefficient (Wildman–Crippen LogP) is 3.25. The monoisotopic (exact) mass is 370 g/mol. The maximum atomic E-state index is 12.9. The van der Waals surface area contributed by atoms with E-state index in [4.69, 9.17) is 5.73 Å². The minimum Gasteiger partial charge on any atom is -0.368 e. The third-order valence-corrected chi connectivity index (χ3v) is 5.84. The number of fused-ring (bicyclic) bond motifs is 1. The lowest BCUT2D eigenvalue weighted by molar-refractivity contribution is -0.120. The molecule has 6 nitrogen and oxygen atoms in total. The van der Waals surface area contributed by atoms with Gasteiger partial charge in [-0.1, -0.05) is 57.7 Å². The summed E-state index contributed by atoms with van der Waals surface area (Å²) in [6.45, 7) is 4.72. The van der Waals surface area contributed by atoms with Crippen molar-refractivity contribution < 1.29 is 9.59 Å². The number of nitrogens with one attached hydrogen (secondary N) is 1. The molecule has 1 heterocycles. The molecule has 1 aliphatic rings. The maximum absolute atomic E-state index is 12.9. The summed E-state index contributed by atoms with van der Waals surface area (Å²) in [5.41, 5.74) is 6.84. The summed E-state index contributed by atoms with van der Waals surface area (Å²) in [7, 11) is 0. The maximum Gasteiger partial charge on any atom is 0.273 e. The lowest BCUT2D eigenvalue weighted by Crippen LogP contribution is -2.48. The molecule has 0 unspecified atom stereocenters. The number of hydrogen-bond acceptors (Lipinski definition) is 3. The quantitative estimate of drug-likeness (QED) is 0.784. The van der Waals surface area contributed by atoms with Gasteiger partial charge in [-0.15, -0.1) is 0 Å². The predicted molar refractivity (Wildman–Crippen MR) is 106 cm³/mol. The van der Waals surface area contributed by atoms with E-state index >= 15 is 0 Å². The van der Waals surface area contributed by atoms with E-state index in [0.717, 1.165) is 23.9 Å². The molecule has 146 valence electrons. The summed E-state index contributed by atoms with van der Waals surface area (Å²) in [6.07, 6.45) is 7.04. The second kappa shape index (κ2) is 8.55. The molecule has 0 spiro atoms. The number of rotatable bonds is 7. The summed E-state index contributed by atoms with van der Waals surface area (Å²) in [6, 6.07) is 7.10. The fourth-order valence-corrected chi connectivity index (χ4v) is 3.99. The van der Waals surface area contributed by atoms with Crippen LogP contribution in [0.2, 0.25) is 0 Å². The van der Waals surface area contributed by atoms with Gasteiger partial charge in [0.2, 0.25) is 5.91 Å². The number of carbonyl (C=O) groups is 2. The molecule has 1 aliphatic carbocycles. The zero-order chi connectivity index (χ0) is 19.4. The van der Waals surface area contributed by atoms with E-state index in [1.54, 1.807) is 0 Å². The van der Waals surface area contributed by atoms with Gasteiger partial charge < -0.3 is 11.1 Å². The third-order valence-electron chi connectivity index (χ3n) is 5.84. The summed E-state index contributed by atoms with van der Waals surface area (Å²) >= 11 is 0. The highest BCUT2D eigenvalue weighted by atomic mass is 16.2. The molecule has 6 heteroatoms. The molecule has 2 aromatic rings. The normalized spacial score (nSPS) is 17.6. The Morgan fingerprint density at radius 3 is 2.63 bits per heavy atom. The van der Waals surface area contributed by atoms with Gasteiger partial charge in [-0.25, -0.2) is 0 Å². The number of amides is 2. The molecule has 0 aliphatic heterocycles. The van der Waals surface area contributed by atoms with Crippen molar-refractivity contribution in [3.05, 3.63) is 30.0 Å². The first-order valence-electron chi connectivity index (χ1n) is 10.1. The lowest BCUT2D eigenvalue weighted by atomic mass is 9.89. The largest absolute Gasteiger partial charge is 0.368 e. The Hall–Kier alpha value is -2.37. The van der Waals surface area contributed by atoms with Crippen LogP contribution in [0.5, 0.6) is 0 Å². The number of nitrogens with zero attached hydrogens (tertiary/aromatic N) is 2. The van der Waals surface area contributed by atoms with Crippen molar-refractivity contribution in [1.82, 2.24) is 15.1 Å². The third kappa shape index (κ3) is 4.31. The Morgan fingerprint density at radius 1 is 1.26 bits per heavy atom. The van der Waals surface area contributed by atoms with Gasteiger partial charge in [0.1, 0.15) is 6.04 Å². The molecule has 0 saturated heterocycles. The summed E-state index contributed by atoms with van der Waals surface area (Å²) < 4.78 is 1.96. The first kappa shape index (κ1) is 19.4. The van der Waals surface area contributed by atoms with Crippen LogP contribution in [-0.4, -0.2) is 27.6 Å². The molecule has 3 rings (SSSR count). The van der Waals surface area contributed by atoms with Gasteiger partial charge >= 0.3 is 0 Å². The molecule has 1 aromatic carbocycles. The van der Waals surface area contributed by atoms with Gasteiger partial charge in [-0.3, -0.25) is 14.3 Å². The zero-order valence-corrected chi connectivity index (χ0v) is 16.3. The molecule has 27 heavy (non-hydrogen) atoms. The Bertz CT molecular complexity index is 808. The standard InChI is InChI=1S/C21H30N4O2/c1-3-14(2)18(20(22)26)23-21(27)19-16-11-7-8-12-17(16)25(24-19)13-15-9-5-4-6-10-15/h7-8,11-12,14-15,18H,3-6,9-10,13H2,1-2H3,(H2,22,26)(H,23,27)/t14-,18-/m0/s1. The van der Waals surface area contributed by atoms with Crippen molar-refractivity contribution in [3.63, 3.8) is 0 Å². The van der Waals surface area contributed by atoms with E-state index < -0.39 is 11.9 Å². The molecule has 2 amide bonds. The number of aromatic nitrogens is 2. The Balaban J connectivity index is 1.87. The van der Waals surface area contributed by atoms with E-state index in [-0.39, 0.29) is 11.8 Å². The van der Waals surface area contributed by atoms with Gasteiger partial charge in [0.05, 0.1) is 5.52 Å². The molecule has 1 saturated carbocycles. The van der Waals surface area contributed by atoms with Gasteiger partial charge in [0.25, 0.3) is 5.91 Å². The zero-order valence-electron chi connectivity index (χ0n) is 16.3. The highest BCUT2D eigenvalue weighted by molar-refractivity contribution is 6.06. The molecule has 2 atom stereocenters.